The third-order valence-corrected chi connectivity index (χ3v) is 3.40. The van der Waals surface area contributed by atoms with Gasteiger partial charge >= 0.3 is 6.18 Å². The molecule has 0 amide bonds. The van der Waals surface area contributed by atoms with Crippen LogP contribution in [0.4, 0.5) is 18.3 Å². The molecule has 0 saturated carbocycles. The quantitative estimate of drug-likeness (QED) is 0.860. The van der Waals surface area contributed by atoms with Crippen LogP contribution in [0.3, 0.4) is 0 Å². The Morgan fingerprint density at radius 3 is 2.67 bits per heavy atom. The molecule has 0 N–H and O–H groups in total. The second-order valence-corrected chi connectivity index (χ2v) is 4.73. The summed E-state index contributed by atoms with van der Waals surface area (Å²) in [6.07, 6.45) is -0.145. The van der Waals surface area contributed by atoms with Crippen LogP contribution in [0.1, 0.15) is 10.4 Å². The van der Waals surface area contributed by atoms with Crippen molar-refractivity contribution in [1.82, 2.24) is 9.97 Å². The van der Waals surface area contributed by atoms with Crippen molar-refractivity contribution >= 4 is 16.5 Å². The zero-order chi connectivity index (χ0) is 13.2. The number of hydrogen-bond donors (Lipinski definition) is 0. The SMILES string of the molecule is CN(Cc1cccnc1)c1ncc(C(F)(F)F)s1. The molecule has 0 aliphatic carbocycles. The van der Waals surface area contributed by atoms with Gasteiger partial charge in [-0.3, -0.25) is 4.98 Å². The normalized spacial score (nSPS) is 11.6. The van der Waals surface area contributed by atoms with Gasteiger partial charge in [0, 0.05) is 26.0 Å². The summed E-state index contributed by atoms with van der Waals surface area (Å²) < 4.78 is 37.3. The van der Waals surface area contributed by atoms with Crippen LogP contribution < -0.4 is 4.90 Å². The Morgan fingerprint density at radius 2 is 2.11 bits per heavy atom. The van der Waals surface area contributed by atoms with E-state index >= 15 is 0 Å². The largest absolute Gasteiger partial charge is 0.427 e. The standard InChI is InChI=1S/C11H10F3N3S/c1-17(7-8-3-2-4-15-5-8)10-16-6-9(18-10)11(12,13)14/h2-6H,7H2,1H3. The lowest BCUT2D eigenvalue weighted by Crippen LogP contribution is -2.15. The highest BCUT2D eigenvalue weighted by atomic mass is 32.1. The van der Waals surface area contributed by atoms with Gasteiger partial charge in [0.15, 0.2) is 5.13 Å². The molecule has 2 heterocycles. The van der Waals surface area contributed by atoms with E-state index in [0.29, 0.717) is 23.0 Å². The number of alkyl halides is 3. The van der Waals surface area contributed by atoms with Crippen LogP contribution >= 0.6 is 11.3 Å². The van der Waals surface area contributed by atoms with Gasteiger partial charge in [0.1, 0.15) is 4.88 Å². The zero-order valence-electron chi connectivity index (χ0n) is 9.48. The summed E-state index contributed by atoms with van der Waals surface area (Å²) in [5, 5.41) is 0.339. The third kappa shape index (κ3) is 2.98. The highest BCUT2D eigenvalue weighted by molar-refractivity contribution is 7.15. The first-order chi connectivity index (χ1) is 8.47. The van der Waals surface area contributed by atoms with E-state index in [1.807, 2.05) is 6.07 Å². The lowest BCUT2D eigenvalue weighted by atomic mass is 10.3. The first-order valence-corrected chi connectivity index (χ1v) is 5.91. The smallest absolute Gasteiger partial charge is 0.347 e. The van der Waals surface area contributed by atoms with Gasteiger partial charge < -0.3 is 4.90 Å². The molecule has 0 aromatic carbocycles. The monoisotopic (exact) mass is 273 g/mol. The molecule has 0 aliphatic rings. The van der Waals surface area contributed by atoms with Crippen molar-refractivity contribution in [3.63, 3.8) is 0 Å². The number of hydrogen-bond acceptors (Lipinski definition) is 4. The number of rotatable bonds is 3. The zero-order valence-corrected chi connectivity index (χ0v) is 10.3. The Bertz CT molecular complexity index is 510. The van der Waals surface area contributed by atoms with Gasteiger partial charge in [-0.05, 0) is 11.6 Å². The van der Waals surface area contributed by atoms with Crippen molar-refractivity contribution in [3.05, 3.63) is 41.2 Å². The van der Waals surface area contributed by atoms with Gasteiger partial charge in [0.05, 0.1) is 6.20 Å². The summed E-state index contributed by atoms with van der Waals surface area (Å²) in [5.41, 5.74) is 0.920. The van der Waals surface area contributed by atoms with E-state index in [1.165, 1.54) is 0 Å². The molecule has 2 aromatic rings. The van der Waals surface area contributed by atoms with Crippen LogP contribution in [0.15, 0.2) is 30.7 Å². The molecule has 0 bridgehead atoms. The predicted octanol–water partition coefficient (Wildman–Crippen LogP) is 3.19. The van der Waals surface area contributed by atoms with Crippen molar-refractivity contribution in [1.29, 1.82) is 0 Å². The van der Waals surface area contributed by atoms with Crippen molar-refractivity contribution in [3.8, 4) is 0 Å². The lowest BCUT2D eigenvalue weighted by Gasteiger charge is -2.15. The van der Waals surface area contributed by atoms with E-state index < -0.39 is 11.1 Å². The van der Waals surface area contributed by atoms with Crippen LogP contribution in [0.2, 0.25) is 0 Å². The van der Waals surface area contributed by atoms with Gasteiger partial charge in [0.2, 0.25) is 0 Å². The van der Waals surface area contributed by atoms with Crippen molar-refractivity contribution < 1.29 is 13.2 Å². The lowest BCUT2D eigenvalue weighted by molar-refractivity contribution is -0.134. The van der Waals surface area contributed by atoms with Crippen LogP contribution in [-0.2, 0) is 12.7 Å². The molecule has 0 radical (unpaired) electrons. The number of pyridine rings is 1. The maximum atomic E-state index is 12.4. The minimum Gasteiger partial charge on any atom is -0.347 e. The van der Waals surface area contributed by atoms with E-state index in [0.717, 1.165) is 11.8 Å². The number of halogens is 3. The Hall–Kier alpha value is -1.63. The van der Waals surface area contributed by atoms with E-state index in [-0.39, 0.29) is 0 Å². The molecule has 0 atom stereocenters. The molecule has 3 nitrogen and oxygen atoms in total. The summed E-state index contributed by atoms with van der Waals surface area (Å²) in [4.78, 5) is 8.71. The second kappa shape index (κ2) is 4.93. The average Bonchev–Trinajstić information content (AvgIpc) is 2.79. The topological polar surface area (TPSA) is 29.0 Å². The Kier molecular flexibility index (Phi) is 3.51. The molecule has 96 valence electrons. The summed E-state index contributed by atoms with van der Waals surface area (Å²) in [6.45, 7) is 0.471. The highest BCUT2D eigenvalue weighted by Gasteiger charge is 2.33. The van der Waals surface area contributed by atoms with Crippen LogP contribution in [-0.4, -0.2) is 17.0 Å². The van der Waals surface area contributed by atoms with Crippen molar-refractivity contribution in [2.75, 3.05) is 11.9 Å². The van der Waals surface area contributed by atoms with Crippen molar-refractivity contribution in [2.24, 2.45) is 0 Å². The fourth-order valence-corrected chi connectivity index (χ4v) is 2.15. The molecular formula is C11H10F3N3S. The Morgan fingerprint density at radius 1 is 1.33 bits per heavy atom. The van der Waals surface area contributed by atoms with Crippen LogP contribution in [0.5, 0.6) is 0 Å². The summed E-state index contributed by atoms with van der Waals surface area (Å²) >= 11 is 0.637. The van der Waals surface area contributed by atoms with Gasteiger partial charge in [-0.1, -0.05) is 17.4 Å². The molecule has 0 aliphatic heterocycles. The summed E-state index contributed by atoms with van der Waals surface area (Å²) in [6, 6.07) is 3.65. The number of thiazole rings is 1. The Labute approximate surface area is 106 Å². The van der Waals surface area contributed by atoms with E-state index in [4.69, 9.17) is 0 Å². The minimum atomic E-state index is -4.33. The van der Waals surface area contributed by atoms with E-state index in [9.17, 15) is 13.2 Å². The first-order valence-electron chi connectivity index (χ1n) is 5.10. The molecule has 0 saturated heterocycles. The third-order valence-electron chi connectivity index (χ3n) is 2.24. The molecule has 2 rings (SSSR count). The van der Waals surface area contributed by atoms with E-state index in [2.05, 4.69) is 9.97 Å². The Balaban J connectivity index is 2.10. The minimum absolute atomic E-state index is 0.339. The fraction of sp³-hybridized carbons (Fsp3) is 0.273. The van der Waals surface area contributed by atoms with Gasteiger partial charge in [-0.25, -0.2) is 4.98 Å². The molecule has 18 heavy (non-hydrogen) atoms. The average molecular weight is 273 g/mol. The van der Waals surface area contributed by atoms with Gasteiger partial charge in [-0.2, -0.15) is 13.2 Å². The first kappa shape index (κ1) is 12.8. The second-order valence-electron chi connectivity index (χ2n) is 3.72. The molecule has 7 heteroatoms. The molecule has 0 fully saturated rings. The number of aromatic nitrogens is 2. The molecule has 0 spiro atoms. The van der Waals surface area contributed by atoms with Crippen molar-refractivity contribution in [2.45, 2.75) is 12.7 Å². The van der Waals surface area contributed by atoms with Crippen LogP contribution in [0, 0.1) is 0 Å². The number of nitrogens with zero attached hydrogens (tertiary/aromatic N) is 3. The molecule has 0 unspecified atom stereocenters. The molecular weight excluding hydrogens is 263 g/mol. The van der Waals surface area contributed by atoms with Gasteiger partial charge in [0.25, 0.3) is 0 Å². The highest BCUT2D eigenvalue weighted by Crippen LogP contribution is 2.36. The van der Waals surface area contributed by atoms with Crippen LogP contribution in [0.25, 0.3) is 0 Å². The maximum absolute atomic E-state index is 12.4. The van der Waals surface area contributed by atoms with E-state index in [1.54, 1.807) is 30.4 Å². The maximum Gasteiger partial charge on any atom is 0.427 e. The number of anilines is 1. The fourth-order valence-electron chi connectivity index (χ4n) is 1.41. The molecule has 2 aromatic heterocycles. The predicted molar refractivity (Wildman–Crippen MR) is 63.5 cm³/mol. The summed E-state index contributed by atoms with van der Waals surface area (Å²) in [7, 11) is 1.70. The van der Waals surface area contributed by atoms with Gasteiger partial charge in [-0.15, -0.1) is 0 Å². The summed E-state index contributed by atoms with van der Waals surface area (Å²) in [5.74, 6) is 0.